The van der Waals surface area contributed by atoms with Gasteiger partial charge in [0.25, 0.3) is 0 Å². The van der Waals surface area contributed by atoms with E-state index in [9.17, 15) is 22.4 Å². The average Bonchev–Trinajstić information content (AvgIpc) is 2.48. The van der Waals surface area contributed by atoms with Crippen molar-refractivity contribution in [2.24, 2.45) is 0 Å². The van der Waals surface area contributed by atoms with Crippen LogP contribution in [-0.4, -0.2) is 5.91 Å². The third kappa shape index (κ3) is 4.99. The lowest BCUT2D eigenvalue weighted by molar-refractivity contribution is -0.137. The van der Waals surface area contributed by atoms with Gasteiger partial charge in [-0.1, -0.05) is 18.2 Å². The molecule has 0 aromatic heterocycles. The predicted octanol–water partition coefficient (Wildman–Crippen LogP) is 3.99. The summed E-state index contributed by atoms with van der Waals surface area (Å²) in [6, 6.07) is 8.79. The lowest BCUT2D eigenvalue weighted by Gasteiger charge is -2.09. The molecule has 0 saturated carbocycles. The maximum Gasteiger partial charge on any atom is 0.416 e. The third-order valence-electron chi connectivity index (χ3n) is 3.15. The van der Waals surface area contributed by atoms with Crippen LogP contribution in [0.2, 0.25) is 0 Å². The smallest absolute Gasteiger partial charge is 0.352 e. The van der Waals surface area contributed by atoms with E-state index >= 15 is 0 Å². The fourth-order valence-electron chi connectivity index (χ4n) is 1.92. The molecule has 7 heteroatoms. The molecule has 0 unspecified atom stereocenters. The molecule has 2 aromatic carbocycles. The van der Waals surface area contributed by atoms with Crippen molar-refractivity contribution in [3.05, 3.63) is 65.0 Å². The Morgan fingerprint density at radius 3 is 2.22 bits per heavy atom. The summed E-state index contributed by atoms with van der Waals surface area (Å²) in [5.74, 6) is -0.863. The van der Waals surface area contributed by atoms with E-state index in [0.29, 0.717) is 11.1 Å². The first-order valence-corrected chi connectivity index (χ1v) is 7.10. The molecule has 0 atom stereocenters. The minimum absolute atomic E-state index is 0.0222. The van der Waals surface area contributed by atoms with E-state index in [1.54, 1.807) is 6.07 Å². The number of benzene rings is 2. The van der Waals surface area contributed by atoms with Gasteiger partial charge in [0.2, 0.25) is 5.91 Å². The molecular weight excluding hydrogens is 330 g/mol. The second-order valence-corrected chi connectivity index (χ2v) is 5.42. The Hall–Kier alpha value is -2.02. The van der Waals surface area contributed by atoms with E-state index in [1.807, 2.05) is 0 Å². The van der Waals surface area contributed by atoms with Crippen LogP contribution < -0.4 is 5.32 Å². The van der Waals surface area contributed by atoms with Crippen LogP contribution >= 0.6 is 12.6 Å². The number of hydrogen-bond donors (Lipinski definition) is 2. The summed E-state index contributed by atoms with van der Waals surface area (Å²) >= 11 is 3.90. The number of carbonyl (C=O) groups excluding carboxylic acids is 1. The maximum atomic E-state index is 13.3. The lowest BCUT2D eigenvalue weighted by Crippen LogP contribution is -2.24. The lowest BCUT2D eigenvalue weighted by atomic mass is 10.1. The van der Waals surface area contributed by atoms with Crippen LogP contribution in [0.15, 0.2) is 47.4 Å². The highest BCUT2D eigenvalue weighted by atomic mass is 32.1. The summed E-state index contributed by atoms with van der Waals surface area (Å²) in [4.78, 5) is 12.0. The number of alkyl halides is 3. The van der Waals surface area contributed by atoms with Crippen molar-refractivity contribution in [1.29, 1.82) is 0 Å². The molecule has 2 rings (SSSR count). The molecule has 0 saturated heterocycles. The molecule has 1 N–H and O–H groups in total. The van der Waals surface area contributed by atoms with Crippen LogP contribution in [0.1, 0.15) is 16.7 Å². The first-order chi connectivity index (χ1) is 10.8. The van der Waals surface area contributed by atoms with Gasteiger partial charge in [0.1, 0.15) is 5.82 Å². The summed E-state index contributed by atoms with van der Waals surface area (Å²) in [5, 5.41) is 2.58. The maximum absolute atomic E-state index is 13.3. The monoisotopic (exact) mass is 343 g/mol. The summed E-state index contributed by atoms with van der Waals surface area (Å²) in [5.41, 5.74) is 0.295. The molecule has 23 heavy (non-hydrogen) atoms. The van der Waals surface area contributed by atoms with Gasteiger partial charge in [-0.2, -0.15) is 13.2 Å². The van der Waals surface area contributed by atoms with Gasteiger partial charge in [-0.25, -0.2) is 4.39 Å². The Morgan fingerprint density at radius 2 is 1.65 bits per heavy atom. The molecule has 0 aliphatic carbocycles. The van der Waals surface area contributed by atoms with Crippen LogP contribution in [0.3, 0.4) is 0 Å². The van der Waals surface area contributed by atoms with Gasteiger partial charge in [-0.05, 0) is 35.4 Å². The highest BCUT2D eigenvalue weighted by Gasteiger charge is 2.29. The van der Waals surface area contributed by atoms with E-state index in [1.165, 1.54) is 24.3 Å². The first kappa shape index (κ1) is 17.3. The standard InChI is InChI=1S/C16H13F4NOS/c17-13-7-11(3-6-14(13)23)8-15(22)21-9-10-1-4-12(5-2-10)16(18,19)20/h1-7,23H,8-9H2,(H,21,22). The molecule has 0 heterocycles. The van der Waals surface area contributed by atoms with E-state index in [4.69, 9.17) is 0 Å². The molecule has 0 radical (unpaired) electrons. The van der Waals surface area contributed by atoms with E-state index < -0.39 is 17.6 Å². The van der Waals surface area contributed by atoms with Gasteiger partial charge in [0.05, 0.1) is 12.0 Å². The Labute approximate surface area is 135 Å². The largest absolute Gasteiger partial charge is 0.416 e. The molecule has 0 aliphatic heterocycles. The molecule has 0 bridgehead atoms. The minimum atomic E-state index is -4.38. The quantitative estimate of drug-likeness (QED) is 0.638. The second kappa shape index (κ2) is 7.04. The zero-order valence-electron chi connectivity index (χ0n) is 11.8. The van der Waals surface area contributed by atoms with Crippen molar-refractivity contribution in [1.82, 2.24) is 5.32 Å². The molecule has 2 nitrogen and oxygen atoms in total. The molecule has 0 spiro atoms. The van der Waals surface area contributed by atoms with E-state index in [0.717, 1.165) is 12.1 Å². The van der Waals surface area contributed by atoms with Crippen LogP contribution in [0.25, 0.3) is 0 Å². The number of thiol groups is 1. The molecule has 1 amide bonds. The van der Waals surface area contributed by atoms with Crippen LogP contribution in [0, 0.1) is 5.82 Å². The second-order valence-electron chi connectivity index (χ2n) is 4.93. The number of halogens is 4. The topological polar surface area (TPSA) is 29.1 Å². The highest BCUT2D eigenvalue weighted by Crippen LogP contribution is 2.29. The molecular formula is C16H13F4NOS. The van der Waals surface area contributed by atoms with Crippen molar-refractivity contribution < 1.29 is 22.4 Å². The molecule has 122 valence electrons. The zero-order valence-corrected chi connectivity index (χ0v) is 12.7. The summed E-state index contributed by atoms with van der Waals surface area (Å²) < 4.78 is 50.6. The number of amides is 1. The summed E-state index contributed by atoms with van der Waals surface area (Å²) in [7, 11) is 0. The number of nitrogens with one attached hydrogen (secondary N) is 1. The SMILES string of the molecule is O=C(Cc1ccc(S)c(F)c1)NCc1ccc(C(F)(F)F)cc1. The Morgan fingerprint density at radius 1 is 1.04 bits per heavy atom. The normalized spacial score (nSPS) is 11.3. The third-order valence-corrected chi connectivity index (χ3v) is 3.51. The molecule has 0 aliphatic rings. The summed E-state index contributed by atoms with van der Waals surface area (Å²) in [6.45, 7) is 0.101. The van der Waals surface area contributed by atoms with Crippen molar-refractivity contribution >= 4 is 18.5 Å². The van der Waals surface area contributed by atoms with E-state index in [2.05, 4.69) is 17.9 Å². The molecule has 2 aromatic rings. The zero-order chi connectivity index (χ0) is 17.0. The van der Waals surface area contributed by atoms with Crippen LogP contribution in [0.5, 0.6) is 0 Å². The van der Waals surface area contributed by atoms with Gasteiger partial charge in [0, 0.05) is 11.4 Å². The summed E-state index contributed by atoms with van der Waals surface area (Å²) in [6.07, 6.45) is -4.41. The van der Waals surface area contributed by atoms with Crippen molar-refractivity contribution in [2.45, 2.75) is 24.0 Å². The average molecular weight is 343 g/mol. The fourth-order valence-corrected chi connectivity index (χ4v) is 2.06. The molecule has 0 fully saturated rings. The first-order valence-electron chi connectivity index (χ1n) is 6.66. The Kier molecular flexibility index (Phi) is 5.30. The van der Waals surface area contributed by atoms with Crippen molar-refractivity contribution in [3.8, 4) is 0 Å². The van der Waals surface area contributed by atoms with Gasteiger partial charge < -0.3 is 5.32 Å². The predicted molar refractivity (Wildman–Crippen MR) is 80.6 cm³/mol. The number of hydrogen-bond acceptors (Lipinski definition) is 2. The van der Waals surface area contributed by atoms with Gasteiger partial charge >= 0.3 is 6.18 Å². The number of rotatable bonds is 4. The van der Waals surface area contributed by atoms with Crippen LogP contribution in [0.4, 0.5) is 17.6 Å². The van der Waals surface area contributed by atoms with Gasteiger partial charge in [-0.3, -0.25) is 4.79 Å². The van der Waals surface area contributed by atoms with Gasteiger partial charge in [-0.15, -0.1) is 12.6 Å². The van der Waals surface area contributed by atoms with Crippen molar-refractivity contribution in [2.75, 3.05) is 0 Å². The van der Waals surface area contributed by atoms with Crippen molar-refractivity contribution in [3.63, 3.8) is 0 Å². The highest BCUT2D eigenvalue weighted by molar-refractivity contribution is 7.80. The minimum Gasteiger partial charge on any atom is -0.352 e. The Balaban J connectivity index is 1.90. The van der Waals surface area contributed by atoms with E-state index in [-0.39, 0.29) is 23.8 Å². The Bertz CT molecular complexity index is 698. The van der Waals surface area contributed by atoms with Crippen LogP contribution in [-0.2, 0) is 23.9 Å². The van der Waals surface area contributed by atoms with Gasteiger partial charge in [0.15, 0.2) is 0 Å². The number of carbonyl (C=O) groups is 1. The fraction of sp³-hybridized carbons (Fsp3) is 0.188.